The molecule has 1 aliphatic heterocycles. The Morgan fingerprint density at radius 2 is 2.29 bits per heavy atom. The van der Waals surface area contributed by atoms with E-state index in [9.17, 15) is 9.90 Å². The molecule has 130 valence electrons. The number of rotatable bonds is 4. The summed E-state index contributed by atoms with van der Waals surface area (Å²) in [6.45, 7) is 8.74. The second-order valence-electron chi connectivity index (χ2n) is 6.37. The standard InChI is InChI=1S/C17H23N3O2S2/c1-11-9-19(10-12(2)21)6-7-20(11)17(22)15-13(3)18-16(24-15)14-5-4-8-23-14/h4-5,8,11-12,21H,6-7,9-10H2,1-3H3/t11-,12-/m1/s1. The molecule has 24 heavy (non-hydrogen) atoms. The lowest BCUT2D eigenvalue weighted by molar-refractivity contribution is 0.0386. The maximum absolute atomic E-state index is 13.0. The minimum absolute atomic E-state index is 0.0806. The molecule has 0 aliphatic carbocycles. The zero-order chi connectivity index (χ0) is 17.3. The monoisotopic (exact) mass is 365 g/mol. The van der Waals surface area contributed by atoms with Crippen LogP contribution < -0.4 is 0 Å². The summed E-state index contributed by atoms with van der Waals surface area (Å²) in [6, 6.07) is 4.17. The highest BCUT2D eigenvalue weighted by molar-refractivity contribution is 7.22. The Morgan fingerprint density at radius 1 is 1.50 bits per heavy atom. The minimum atomic E-state index is -0.337. The van der Waals surface area contributed by atoms with Gasteiger partial charge < -0.3 is 10.0 Å². The van der Waals surface area contributed by atoms with E-state index in [0.29, 0.717) is 13.1 Å². The third kappa shape index (κ3) is 3.69. The predicted octanol–water partition coefficient (Wildman–Crippen LogP) is 2.71. The van der Waals surface area contributed by atoms with Crippen molar-refractivity contribution in [1.82, 2.24) is 14.8 Å². The average molecular weight is 366 g/mol. The molecule has 2 atom stereocenters. The predicted molar refractivity (Wildman–Crippen MR) is 98.8 cm³/mol. The highest BCUT2D eigenvalue weighted by Crippen LogP contribution is 2.32. The average Bonchev–Trinajstić information content (AvgIpc) is 3.15. The van der Waals surface area contributed by atoms with Crippen molar-refractivity contribution in [3.63, 3.8) is 0 Å². The summed E-state index contributed by atoms with van der Waals surface area (Å²) in [5.41, 5.74) is 0.812. The van der Waals surface area contributed by atoms with E-state index in [1.165, 1.54) is 11.3 Å². The number of thiophene rings is 1. The van der Waals surface area contributed by atoms with Crippen LogP contribution in [0.15, 0.2) is 17.5 Å². The molecule has 0 spiro atoms. The summed E-state index contributed by atoms with van der Waals surface area (Å²) in [6.07, 6.45) is -0.337. The van der Waals surface area contributed by atoms with Crippen molar-refractivity contribution in [2.24, 2.45) is 0 Å². The summed E-state index contributed by atoms with van der Waals surface area (Å²) in [5.74, 6) is 0.0806. The van der Waals surface area contributed by atoms with Crippen molar-refractivity contribution < 1.29 is 9.90 Å². The molecule has 1 aliphatic rings. The lowest BCUT2D eigenvalue weighted by Gasteiger charge is -2.40. The Hall–Kier alpha value is -1.28. The van der Waals surface area contributed by atoms with Crippen LogP contribution in [0, 0.1) is 6.92 Å². The SMILES string of the molecule is Cc1nc(-c2cccs2)sc1C(=O)N1CCN(C[C@@H](C)O)C[C@H]1C. The van der Waals surface area contributed by atoms with Crippen molar-refractivity contribution >= 4 is 28.6 Å². The van der Waals surface area contributed by atoms with Gasteiger partial charge in [-0.15, -0.1) is 22.7 Å². The molecule has 1 fully saturated rings. The van der Waals surface area contributed by atoms with Crippen molar-refractivity contribution in [3.05, 3.63) is 28.1 Å². The number of piperazine rings is 1. The van der Waals surface area contributed by atoms with Crippen LogP contribution in [0.2, 0.25) is 0 Å². The van der Waals surface area contributed by atoms with E-state index in [1.54, 1.807) is 18.3 Å². The fourth-order valence-electron chi connectivity index (χ4n) is 3.11. The molecule has 0 bridgehead atoms. The third-order valence-corrected chi connectivity index (χ3v) is 6.40. The Labute approximate surface area is 150 Å². The topological polar surface area (TPSA) is 56.7 Å². The van der Waals surface area contributed by atoms with E-state index in [4.69, 9.17) is 0 Å². The quantitative estimate of drug-likeness (QED) is 0.905. The molecule has 1 N–H and O–H groups in total. The summed E-state index contributed by atoms with van der Waals surface area (Å²) in [4.78, 5) is 23.6. The van der Waals surface area contributed by atoms with Gasteiger partial charge in [-0.1, -0.05) is 6.07 Å². The number of aliphatic hydroxyl groups excluding tert-OH is 1. The number of aromatic nitrogens is 1. The molecule has 7 heteroatoms. The molecular weight excluding hydrogens is 342 g/mol. The van der Waals surface area contributed by atoms with Gasteiger partial charge in [-0.3, -0.25) is 9.69 Å². The molecule has 1 saturated heterocycles. The van der Waals surface area contributed by atoms with Gasteiger partial charge in [0.15, 0.2) is 0 Å². The zero-order valence-corrected chi connectivity index (χ0v) is 15.9. The third-order valence-electron chi connectivity index (χ3n) is 4.22. The molecule has 0 radical (unpaired) electrons. The summed E-state index contributed by atoms with van der Waals surface area (Å²) in [7, 11) is 0. The van der Waals surface area contributed by atoms with E-state index in [2.05, 4.69) is 16.8 Å². The number of hydrogen-bond acceptors (Lipinski definition) is 6. The van der Waals surface area contributed by atoms with Crippen LogP contribution in [0.1, 0.15) is 29.2 Å². The van der Waals surface area contributed by atoms with Gasteiger partial charge in [-0.05, 0) is 32.2 Å². The molecule has 0 unspecified atom stereocenters. The maximum Gasteiger partial charge on any atom is 0.266 e. The number of amides is 1. The van der Waals surface area contributed by atoms with Crippen molar-refractivity contribution in [1.29, 1.82) is 0 Å². The molecule has 0 saturated carbocycles. The normalized spacial score (nSPS) is 20.3. The first-order valence-electron chi connectivity index (χ1n) is 8.18. The Morgan fingerprint density at radius 3 is 2.92 bits per heavy atom. The van der Waals surface area contributed by atoms with Crippen LogP contribution >= 0.6 is 22.7 Å². The molecule has 0 aromatic carbocycles. The maximum atomic E-state index is 13.0. The molecule has 3 heterocycles. The Kier molecular flexibility index (Phi) is 5.34. The van der Waals surface area contributed by atoms with Crippen LogP contribution in [0.25, 0.3) is 9.88 Å². The number of thiazole rings is 1. The molecule has 2 aromatic rings. The fraction of sp³-hybridized carbons (Fsp3) is 0.529. The van der Waals surface area contributed by atoms with Crippen molar-refractivity contribution in [3.8, 4) is 9.88 Å². The smallest absolute Gasteiger partial charge is 0.266 e. The lowest BCUT2D eigenvalue weighted by Crippen LogP contribution is -2.55. The second-order valence-corrected chi connectivity index (χ2v) is 8.31. The van der Waals surface area contributed by atoms with Crippen LogP contribution in [-0.2, 0) is 0 Å². The lowest BCUT2D eigenvalue weighted by atomic mass is 10.1. The highest BCUT2D eigenvalue weighted by atomic mass is 32.1. The number of carbonyl (C=O) groups is 1. The molecule has 5 nitrogen and oxygen atoms in total. The zero-order valence-electron chi connectivity index (χ0n) is 14.2. The summed E-state index contributed by atoms with van der Waals surface area (Å²) < 4.78 is 0. The number of hydrogen-bond donors (Lipinski definition) is 1. The number of aryl methyl sites for hydroxylation is 1. The van der Waals surface area contributed by atoms with Gasteiger partial charge in [0.2, 0.25) is 0 Å². The first-order chi connectivity index (χ1) is 11.5. The number of β-amino-alcohol motifs (C(OH)–C–C–N with tert-alkyl or cyclic N) is 1. The first-order valence-corrected chi connectivity index (χ1v) is 9.88. The largest absolute Gasteiger partial charge is 0.392 e. The Bertz CT molecular complexity index is 697. The first kappa shape index (κ1) is 17.5. The van der Waals surface area contributed by atoms with Gasteiger partial charge in [-0.25, -0.2) is 4.98 Å². The van der Waals surface area contributed by atoms with Crippen molar-refractivity contribution in [2.75, 3.05) is 26.2 Å². The molecular formula is C17H23N3O2S2. The van der Waals surface area contributed by atoms with Crippen LogP contribution in [0.4, 0.5) is 0 Å². The van der Waals surface area contributed by atoms with Crippen LogP contribution in [0.3, 0.4) is 0 Å². The van der Waals surface area contributed by atoms with Gasteiger partial charge in [0.1, 0.15) is 9.88 Å². The van der Waals surface area contributed by atoms with Gasteiger partial charge in [0.25, 0.3) is 5.91 Å². The second kappa shape index (κ2) is 7.31. The molecule has 2 aromatic heterocycles. The number of carbonyl (C=O) groups excluding carboxylic acids is 1. The molecule has 3 rings (SSSR count). The van der Waals surface area contributed by atoms with Crippen molar-refractivity contribution in [2.45, 2.75) is 32.9 Å². The Balaban J connectivity index is 1.73. The molecule has 1 amide bonds. The summed E-state index contributed by atoms with van der Waals surface area (Å²) in [5, 5.41) is 12.5. The fourth-order valence-corrected chi connectivity index (χ4v) is 4.92. The number of nitrogens with zero attached hydrogens (tertiary/aromatic N) is 3. The van der Waals surface area contributed by atoms with E-state index < -0.39 is 0 Å². The van der Waals surface area contributed by atoms with Gasteiger partial charge in [-0.2, -0.15) is 0 Å². The van der Waals surface area contributed by atoms with E-state index >= 15 is 0 Å². The van der Waals surface area contributed by atoms with E-state index in [0.717, 1.165) is 33.5 Å². The summed E-state index contributed by atoms with van der Waals surface area (Å²) >= 11 is 3.13. The minimum Gasteiger partial charge on any atom is -0.392 e. The van der Waals surface area contributed by atoms with Crippen LogP contribution in [0.5, 0.6) is 0 Å². The number of aliphatic hydroxyl groups is 1. The van der Waals surface area contributed by atoms with Gasteiger partial charge in [0.05, 0.1) is 16.7 Å². The van der Waals surface area contributed by atoms with E-state index in [1.807, 2.05) is 29.3 Å². The van der Waals surface area contributed by atoms with Crippen LogP contribution in [-0.4, -0.2) is 64.1 Å². The van der Waals surface area contributed by atoms with Gasteiger partial charge in [0, 0.05) is 32.2 Å². The van der Waals surface area contributed by atoms with E-state index in [-0.39, 0.29) is 18.1 Å². The van der Waals surface area contributed by atoms with Gasteiger partial charge >= 0.3 is 0 Å². The highest BCUT2D eigenvalue weighted by Gasteiger charge is 2.30.